The third kappa shape index (κ3) is 5.44. The molecule has 0 aromatic heterocycles. The topological polar surface area (TPSA) is 76.0 Å². The van der Waals surface area contributed by atoms with Crippen LogP contribution in [0.5, 0.6) is 5.75 Å². The van der Waals surface area contributed by atoms with Gasteiger partial charge in [0.15, 0.2) is 15.0 Å². The number of carbonyl (C=O) groups excluding carboxylic acids is 1. The van der Waals surface area contributed by atoms with Crippen LogP contribution in [0.3, 0.4) is 0 Å². The Morgan fingerprint density at radius 2 is 1.94 bits per heavy atom. The summed E-state index contributed by atoms with van der Waals surface area (Å²) in [5.74, 6) is 0.378. The second kappa shape index (κ2) is 10.3. The van der Waals surface area contributed by atoms with Gasteiger partial charge in [-0.2, -0.15) is 4.99 Å². The molecule has 2 aromatic carbocycles. The summed E-state index contributed by atoms with van der Waals surface area (Å²) in [4.78, 5) is 19.7. The molecule has 176 valence electrons. The lowest BCUT2D eigenvalue weighted by Gasteiger charge is -2.25. The second-order valence-corrected chi connectivity index (χ2v) is 11.8. The Morgan fingerprint density at radius 1 is 1.15 bits per heavy atom. The van der Waals surface area contributed by atoms with Gasteiger partial charge in [-0.1, -0.05) is 68.4 Å². The minimum atomic E-state index is -3.12. The number of ether oxygens (including phenoxy) is 1. The Kier molecular flexibility index (Phi) is 7.44. The summed E-state index contributed by atoms with van der Waals surface area (Å²) >= 11 is 1.40. The first-order valence-electron chi connectivity index (χ1n) is 11.5. The Hall–Kier alpha value is -2.32. The monoisotopic (exact) mass is 486 g/mol. The van der Waals surface area contributed by atoms with Gasteiger partial charge in [-0.25, -0.2) is 8.42 Å². The van der Waals surface area contributed by atoms with Crippen molar-refractivity contribution in [1.29, 1.82) is 0 Å². The highest BCUT2D eigenvalue weighted by molar-refractivity contribution is 8.16. The van der Waals surface area contributed by atoms with E-state index >= 15 is 0 Å². The Bertz CT molecular complexity index is 1120. The fourth-order valence-electron chi connectivity index (χ4n) is 4.33. The molecule has 0 unspecified atom stereocenters. The quantitative estimate of drug-likeness (QED) is 0.505. The average molecular weight is 487 g/mol. The number of anilines is 1. The molecule has 0 bridgehead atoms. The number of carbonyl (C=O) groups is 1. The van der Waals surface area contributed by atoms with Gasteiger partial charge >= 0.3 is 0 Å². The lowest BCUT2D eigenvalue weighted by Crippen LogP contribution is -2.37. The first kappa shape index (κ1) is 23.8. The van der Waals surface area contributed by atoms with E-state index in [4.69, 9.17) is 4.74 Å². The first-order chi connectivity index (χ1) is 15.9. The van der Waals surface area contributed by atoms with E-state index in [-0.39, 0.29) is 34.6 Å². The summed E-state index contributed by atoms with van der Waals surface area (Å²) in [6.45, 7) is 4.72. The van der Waals surface area contributed by atoms with E-state index in [1.807, 2.05) is 66.4 Å². The smallest absolute Gasteiger partial charge is 0.255 e. The van der Waals surface area contributed by atoms with Crippen LogP contribution in [-0.4, -0.2) is 48.9 Å². The zero-order valence-corrected chi connectivity index (χ0v) is 20.6. The number of amidine groups is 1. The number of benzene rings is 2. The zero-order valence-electron chi connectivity index (χ0n) is 19.0. The third-order valence-corrected chi connectivity index (χ3v) is 9.25. The van der Waals surface area contributed by atoms with Crippen molar-refractivity contribution in [2.75, 3.05) is 23.0 Å². The maximum Gasteiger partial charge on any atom is 0.255 e. The lowest BCUT2D eigenvalue weighted by atomic mass is 9.96. The normalized spacial score (nSPS) is 23.5. The molecule has 4 rings (SSSR count). The predicted molar refractivity (Wildman–Crippen MR) is 135 cm³/mol. The van der Waals surface area contributed by atoms with Crippen molar-refractivity contribution in [2.45, 2.75) is 50.3 Å². The fraction of sp³-hybridized carbons (Fsp3) is 0.440. The highest BCUT2D eigenvalue weighted by Gasteiger charge is 2.49. The predicted octanol–water partition coefficient (Wildman–Crippen LogP) is 4.66. The molecule has 8 heteroatoms. The van der Waals surface area contributed by atoms with Gasteiger partial charge in [0.25, 0.3) is 5.91 Å². The lowest BCUT2D eigenvalue weighted by molar-refractivity contribution is -0.119. The van der Waals surface area contributed by atoms with Crippen LogP contribution in [0.25, 0.3) is 0 Å². The van der Waals surface area contributed by atoms with E-state index in [0.717, 1.165) is 29.8 Å². The van der Waals surface area contributed by atoms with Crippen LogP contribution in [0.4, 0.5) is 5.69 Å². The number of thioether (sulfide) groups is 1. The van der Waals surface area contributed by atoms with Crippen LogP contribution in [0.2, 0.25) is 0 Å². The van der Waals surface area contributed by atoms with Crippen molar-refractivity contribution in [3.63, 3.8) is 0 Å². The third-order valence-electron chi connectivity index (χ3n) is 6.04. The van der Waals surface area contributed by atoms with Crippen LogP contribution >= 0.6 is 11.8 Å². The van der Waals surface area contributed by atoms with Gasteiger partial charge in [0.05, 0.1) is 30.1 Å². The van der Waals surface area contributed by atoms with Crippen LogP contribution in [0.15, 0.2) is 59.6 Å². The van der Waals surface area contributed by atoms with Crippen molar-refractivity contribution in [3.8, 4) is 5.75 Å². The zero-order chi connectivity index (χ0) is 23.4. The Balaban J connectivity index is 1.66. The van der Waals surface area contributed by atoms with Crippen LogP contribution in [0, 0.1) is 0 Å². The molecule has 2 saturated heterocycles. The largest absolute Gasteiger partial charge is 0.494 e. The van der Waals surface area contributed by atoms with Crippen molar-refractivity contribution in [1.82, 2.24) is 0 Å². The molecule has 2 fully saturated rings. The Labute approximate surface area is 200 Å². The number of aliphatic imine (C=N–C) groups is 1. The summed E-state index contributed by atoms with van der Waals surface area (Å²) < 4.78 is 30.6. The molecule has 2 heterocycles. The van der Waals surface area contributed by atoms with E-state index in [2.05, 4.69) is 11.9 Å². The van der Waals surface area contributed by atoms with E-state index in [0.29, 0.717) is 18.2 Å². The van der Waals surface area contributed by atoms with Gasteiger partial charge in [0, 0.05) is 17.0 Å². The summed E-state index contributed by atoms with van der Waals surface area (Å²) in [6.07, 6.45) is 2.65. The average Bonchev–Trinajstić information content (AvgIpc) is 3.26. The van der Waals surface area contributed by atoms with Gasteiger partial charge in [-0.05, 0) is 30.5 Å². The van der Waals surface area contributed by atoms with E-state index in [1.165, 1.54) is 11.8 Å². The Morgan fingerprint density at radius 3 is 2.67 bits per heavy atom. The summed E-state index contributed by atoms with van der Waals surface area (Å²) in [5.41, 5.74) is 1.75. The summed E-state index contributed by atoms with van der Waals surface area (Å²) in [5, 5.41) is 0.438. The molecule has 0 spiro atoms. The SMILES string of the molecule is CCCCOc1cccc(N2C(=NC(=O)[C@@H](CC)c3ccccc3)S[C@@H]3CS(=O)(=O)C[C@@H]32)c1. The molecule has 0 radical (unpaired) electrons. The van der Waals surface area contributed by atoms with Crippen LogP contribution in [0.1, 0.15) is 44.6 Å². The number of fused-ring (bicyclic) bond motifs is 1. The molecule has 2 aliphatic rings. The van der Waals surface area contributed by atoms with Crippen LogP contribution in [-0.2, 0) is 14.6 Å². The number of amides is 1. The van der Waals surface area contributed by atoms with Crippen LogP contribution < -0.4 is 9.64 Å². The fourth-order valence-corrected chi connectivity index (χ4v) is 8.25. The maximum absolute atomic E-state index is 13.2. The van der Waals surface area contributed by atoms with Gasteiger partial charge in [0.2, 0.25) is 0 Å². The second-order valence-electron chi connectivity index (χ2n) is 8.47. The molecule has 6 nitrogen and oxygen atoms in total. The minimum Gasteiger partial charge on any atom is -0.494 e. The molecule has 0 aliphatic carbocycles. The molecule has 1 amide bonds. The summed E-state index contributed by atoms with van der Waals surface area (Å²) in [7, 11) is -3.12. The van der Waals surface area contributed by atoms with Gasteiger partial charge in [-0.3, -0.25) is 4.79 Å². The molecule has 2 aromatic rings. The number of hydrogen-bond acceptors (Lipinski definition) is 5. The highest BCUT2D eigenvalue weighted by Crippen LogP contribution is 2.42. The highest BCUT2D eigenvalue weighted by atomic mass is 32.2. The van der Waals surface area contributed by atoms with E-state index in [9.17, 15) is 13.2 Å². The number of sulfone groups is 1. The van der Waals surface area contributed by atoms with Crippen molar-refractivity contribution in [2.24, 2.45) is 4.99 Å². The maximum atomic E-state index is 13.2. The van der Waals surface area contributed by atoms with E-state index < -0.39 is 9.84 Å². The van der Waals surface area contributed by atoms with Crippen molar-refractivity contribution >= 4 is 38.4 Å². The standard InChI is InChI=1S/C25H30N2O4S2/c1-3-5-14-31-20-13-9-12-19(15-20)27-22-16-33(29,30)17-23(22)32-25(27)26-24(28)21(4-2)18-10-7-6-8-11-18/h6-13,15,21-23H,3-5,14,16-17H2,1-2H3/t21-,22-,23+/m0/s1. The van der Waals surface area contributed by atoms with Gasteiger partial charge in [0.1, 0.15) is 5.75 Å². The minimum absolute atomic E-state index is 0.0642. The van der Waals surface area contributed by atoms with Crippen molar-refractivity contribution in [3.05, 3.63) is 60.2 Å². The van der Waals surface area contributed by atoms with Gasteiger partial charge < -0.3 is 9.64 Å². The molecular weight excluding hydrogens is 456 g/mol. The molecular formula is C25H30N2O4S2. The number of nitrogens with zero attached hydrogens (tertiary/aromatic N) is 2. The molecule has 0 N–H and O–H groups in total. The molecule has 3 atom stereocenters. The molecule has 33 heavy (non-hydrogen) atoms. The van der Waals surface area contributed by atoms with E-state index in [1.54, 1.807) is 0 Å². The molecule has 2 aliphatic heterocycles. The number of unbranched alkanes of at least 4 members (excludes halogenated alkanes) is 1. The summed E-state index contributed by atoms with van der Waals surface area (Å²) in [6, 6.07) is 17.1. The number of rotatable bonds is 8. The first-order valence-corrected chi connectivity index (χ1v) is 14.2. The van der Waals surface area contributed by atoms with Gasteiger partial charge in [-0.15, -0.1) is 0 Å². The van der Waals surface area contributed by atoms with Crippen molar-refractivity contribution < 1.29 is 17.9 Å². The molecule has 0 saturated carbocycles. The number of hydrogen-bond donors (Lipinski definition) is 0.